The third-order valence-corrected chi connectivity index (χ3v) is 6.71. The SMILES string of the molecule is CCOC(=O)Cn1nnnc1[C@H](C(C)C)N(Cc1cc2cccc(C)c2[nH]c1=O)C1CCCC1. The quantitative estimate of drug-likeness (QED) is 0.481. The fraction of sp³-hybridized carbons (Fsp3) is 0.560. The summed E-state index contributed by atoms with van der Waals surface area (Å²) >= 11 is 0. The monoisotopic (exact) mass is 466 g/mol. The van der Waals surface area contributed by atoms with Gasteiger partial charge >= 0.3 is 5.97 Å². The van der Waals surface area contributed by atoms with Gasteiger partial charge in [0.2, 0.25) is 0 Å². The normalized spacial score (nSPS) is 15.5. The second-order valence-electron chi connectivity index (χ2n) is 9.46. The number of aromatic nitrogens is 5. The number of pyridine rings is 1. The van der Waals surface area contributed by atoms with E-state index in [2.05, 4.69) is 39.3 Å². The van der Waals surface area contributed by atoms with Crippen molar-refractivity contribution in [3.05, 3.63) is 51.6 Å². The average molecular weight is 467 g/mol. The molecule has 0 amide bonds. The highest BCUT2D eigenvalue weighted by atomic mass is 16.5. The van der Waals surface area contributed by atoms with E-state index in [1.165, 1.54) is 0 Å². The maximum absolute atomic E-state index is 13.1. The maximum atomic E-state index is 13.1. The molecule has 1 aliphatic carbocycles. The molecule has 0 saturated heterocycles. The van der Waals surface area contributed by atoms with E-state index in [0.29, 0.717) is 25.0 Å². The molecule has 2 aromatic heterocycles. The van der Waals surface area contributed by atoms with Crippen LogP contribution in [0.2, 0.25) is 0 Å². The molecule has 1 aromatic carbocycles. The lowest BCUT2D eigenvalue weighted by atomic mass is 9.97. The molecule has 2 heterocycles. The zero-order valence-electron chi connectivity index (χ0n) is 20.5. The van der Waals surface area contributed by atoms with Crippen LogP contribution in [-0.2, 0) is 22.6 Å². The van der Waals surface area contributed by atoms with Crippen molar-refractivity contribution in [2.24, 2.45) is 5.92 Å². The van der Waals surface area contributed by atoms with Crippen LogP contribution in [0.1, 0.15) is 69.4 Å². The van der Waals surface area contributed by atoms with Gasteiger partial charge in [-0.2, -0.15) is 0 Å². The van der Waals surface area contributed by atoms with Gasteiger partial charge < -0.3 is 9.72 Å². The molecule has 9 nitrogen and oxygen atoms in total. The first-order chi connectivity index (χ1) is 16.4. The Bertz CT molecular complexity index is 1190. The number of aromatic amines is 1. The minimum atomic E-state index is -0.368. The Morgan fingerprint density at radius 2 is 2.06 bits per heavy atom. The smallest absolute Gasteiger partial charge is 0.327 e. The highest BCUT2D eigenvalue weighted by Crippen LogP contribution is 2.36. The first-order valence-electron chi connectivity index (χ1n) is 12.2. The number of carbonyl (C=O) groups excluding carboxylic acids is 1. The molecular weight excluding hydrogens is 432 g/mol. The number of nitrogens with zero attached hydrogens (tertiary/aromatic N) is 5. The van der Waals surface area contributed by atoms with Crippen molar-refractivity contribution < 1.29 is 9.53 Å². The van der Waals surface area contributed by atoms with Crippen LogP contribution in [0.5, 0.6) is 0 Å². The molecule has 0 radical (unpaired) electrons. The summed E-state index contributed by atoms with van der Waals surface area (Å²) in [6.45, 7) is 8.80. The number of ether oxygens (including phenoxy) is 1. The molecule has 1 aliphatic rings. The number of rotatable bonds is 9. The highest BCUT2D eigenvalue weighted by Gasteiger charge is 2.35. The molecule has 1 fully saturated rings. The highest BCUT2D eigenvalue weighted by molar-refractivity contribution is 5.81. The number of aryl methyl sites for hydroxylation is 1. The third-order valence-electron chi connectivity index (χ3n) is 6.71. The van der Waals surface area contributed by atoms with Gasteiger partial charge in [-0.1, -0.05) is 44.9 Å². The van der Waals surface area contributed by atoms with E-state index in [1.54, 1.807) is 11.6 Å². The topological polar surface area (TPSA) is 106 Å². The summed E-state index contributed by atoms with van der Waals surface area (Å²) in [5, 5.41) is 13.3. The Hall–Kier alpha value is -3.07. The van der Waals surface area contributed by atoms with Crippen LogP contribution in [0.4, 0.5) is 0 Å². The minimum Gasteiger partial charge on any atom is -0.465 e. The number of H-pyrrole nitrogens is 1. The van der Waals surface area contributed by atoms with E-state index in [1.807, 2.05) is 31.2 Å². The lowest BCUT2D eigenvalue weighted by molar-refractivity contribution is -0.144. The lowest BCUT2D eigenvalue weighted by Gasteiger charge is -2.37. The van der Waals surface area contributed by atoms with Crippen molar-refractivity contribution in [3.63, 3.8) is 0 Å². The number of tetrazole rings is 1. The zero-order chi connectivity index (χ0) is 24.2. The summed E-state index contributed by atoms with van der Waals surface area (Å²) < 4.78 is 6.66. The van der Waals surface area contributed by atoms with Crippen LogP contribution < -0.4 is 5.56 Å². The van der Waals surface area contributed by atoms with Crippen molar-refractivity contribution >= 4 is 16.9 Å². The van der Waals surface area contributed by atoms with Crippen LogP contribution in [0.25, 0.3) is 10.9 Å². The number of hydrogen-bond donors (Lipinski definition) is 1. The first kappa shape index (κ1) is 24.1. The Morgan fingerprint density at radius 3 is 2.76 bits per heavy atom. The second-order valence-corrected chi connectivity index (χ2v) is 9.46. The molecule has 9 heteroatoms. The van der Waals surface area contributed by atoms with Crippen molar-refractivity contribution in [1.29, 1.82) is 0 Å². The fourth-order valence-corrected chi connectivity index (χ4v) is 5.13. The number of fused-ring (bicyclic) bond motifs is 1. The van der Waals surface area contributed by atoms with E-state index >= 15 is 0 Å². The summed E-state index contributed by atoms with van der Waals surface area (Å²) in [5.41, 5.74) is 2.58. The van der Waals surface area contributed by atoms with Crippen molar-refractivity contribution in [2.45, 2.75) is 78.6 Å². The predicted octanol–water partition coefficient (Wildman–Crippen LogP) is 3.53. The maximum Gasteiger partial charge on any atom is 0.327 e. The van der Waals surface area contributed by atoms with Gasteiger partial charge in [-0.15, -0.1) is 5.10 Å². The number of benzene rings is 1. The van der Waals surface area contributed by atoms with Gasteiger partial charge in [0.1, 0.15) is 6.54 Å². The second kappa shape index (κ2) is 10.5. The van der Waals surface area contributed by atoms with E-state index in [4.69, 9.17) is 4.74 Å². The number of esters is 1. The summed E-state index contributed by atoms with van der Waals surface area (Å²) in [7, 11) is 0. The molecule has 182 valence electrons. The van der Waals surface area contributed by atoms with Crippen molar-refractivity contribution in [1.82, 2.24) is 30.1 Å². The van der Waals surface area contributed by atoms with Gasteiger partial charge in [-0.25, -0.2) is 4.68 Å². The molecule has 34 heavy (non-hydrogen) atoms. The van der Waals surface area contributed by atoms with Crippen LogP contribution in [-0.4, -0.2) is 48.7 Å². The predicted molar refractivity (Wildman–Crippen MR) is 129 cm³/mol. The Labute approximate surface area is 199 Å². The van der Waals surface area contributed by atoms with Gasteiger partial charge in [0.15, 0.2) is 5.82 Å². The summed E-state index contributed by atoms with van der Waals surface area (Å²) in [5.74, 6) is 0.421. The summed E-state index contributed by atoms with van der Waals surface area (Å²) in [4.78, 5) is 30.7. The molecule has 0 unspecified atom stereocenters. The molecular formula is C25H34N6O3. The Balaban J connectivity index is 1.73. The Kier molecular flexibility index (Phi) is 7.41. The lowest BCUT2D eigenvalue weighted by Crippen LogP contribution is -2.41. The van der Waals surface area contributed by atoms with Gasteiger partial charge in [-0.05, 0) is 60.0 Å². The summed E-state index contributed by atoms with van der Waals surface area (Å²) in [6, 6.07) is 8.20. The van der Waals surface area contributed by atoms with Crippen molar-refractivity contribution in [3.8, 4) is 0 Å². The van der Waals surface area contributed by atoms with E-state index in [-0.39, 0.29) is 30.0 Å². The van der Waals surface area contributed by atoms with Crippen LogP contribution in [0.3, 0.4) is 0 Å². The van der Waals surface area contributed by atoms with Crippen LogP contribution in [0, 0.1) is 12.8 Å². The fourth-order valence-electron chi connectivity index (χ4n) is 5.13. The summed E-state index contributed by atoms with van der Waals surface area (Å²) in [6.07, 6.45) is 4.44. The molecule has 1 saturated carbocycles. The molecule has 1 atom stereocenters. The van der Waals surface area contributed by atoms with Gasteiger partial charge in [0.25, 0.3) is 5.56 Å². The van der Waals surface area contributed by atoms with E-state index in [0.717, 1.165) is 47.7 Å². The standard InChI is InChI=1S/C25H34N6O3/c1-5-34-21(32)15-31-24(27-28-29-31)23(16(2)3)30(20-11-6-7-12-20)14-19-13-18-10-8-9-17(4)22(18)26-25(19)33/h8-10,13,16,20,23H,5-7,11-12,14-15H2,1-4H3,(H,26,33)/t23-/m0/s1. The van der Waals surface area contributed by atoms with E-state index in [9.17, 15) is 9.59 Å². The third kappa shape index (κ3) is 5.04. The Morgan fingerprint density at radius 1 is 1.29 bits per heavy atom. The molecule has 0 bridgehead atoms. The van der Waals surface area contributed by atoms with Crippen LogP contribution in [0.15, 0.2) is 29.1 Å². The molecule has 0 aliphatic heterocycles. The molecule has 0 spiro atoms. The van der Waals surface area contributed by atoms with Gasteiger partial charge in [-0.3, -0.25) is 14.5 Å². The minimum absolute atomic E-state index is 0.0340. The van der Waals surface area contributed by atoms with Crippen molar-refractivity contribution in [2.75, 3.05) is 6.61 Å². The van der Waals surface area contributed by atoms with E-state index < -0.39 is 0 Å². The molecule has 4 rings (SSSR count). The zero-order valence-corrected chi connectivity index (χ0v) is 20.5. The van der Waals surface area contributed by atoms with Gasteiger partial charge in [0.05, 0.1) is 18.2 Å². The number of para-hydroxylation sites is 1. The first-order valence-corrected chi connectivity index (χ1v) is 12.2. The number of carbonyl (C=O) groups is 1. The number of hydrogen-bond acceptors (Lipinski definition) is 7. The van der Waals surface area contributed by atoms with Crippen LogP contribution >= 0.6 is 0 Å². The average Bonchev–Trinajstić information content (AvgIpc) is 3.47. The molecule has 1 N–H and O–H groups in total. The number of nitrogens with one attached hydrogen (secondary N) is 1. The van der Waals surface area contributed by atoms with Gasteiger partial charge in [0, 0.05) is 18.2 Å². The molecule has 3 aromatic rings. The largest absolute Gasteiger partial charge is 0.465 e.